The summed E-state index contributed by atoms with van der Waals surface area (Å²) in [5.74, 6) is 1.73. The highest BCUT2D eigenvalue weighted by molar-refractivity contribution is 14.0. The van der Waals surface area contributed by atoms with Gasteiger partial charge in [0.05, 0.1) is 6.10 Å². The van der Waals surface area contributed by atoms with Crippen molar-refractivity contribution in [1.82, 2.24) is 16.0 Å². The molecule has 0 aliphatic heterocycles. The van der Waals surface area contributed by atoms with Crippen LogP contribution >= 0.6 is 24.0 Å². The van der Waals surface area contributed by atoms with Crippen LogP contribution in [0.3, 0.4) is 0 Å². The van der Waals surface area contributed by atoms with Gasteiger partial charge in [0.1, 0.15) is 5.75 Å². The molecule has 1 aromatic rings. The van der Waals surface area contributed by atoms with E-state index < -0.39 is 0 Å². The Hall–Kier alpha value is -1.02. The Morgan fingerprint density at radius 1 is 1.16 bits per heavy atom. The molecular weight excluding hydrogens is 427 g/mol. The Labute approximate surface area is 170 Å². The van der Waals surface area contributed by atoms with E-state index >= 15 is 0 Å². The van der Waals surface area contributed by atoms with Gasteiger partial charge in [-0.2, -0.15) is 0 Å². The van der Waals surface area contributed by atoms with Gasteiger partial charge in [-0.1, -0.05) is 12.1 Å². The first-order chi connectivity index (χ1) is 11.2. The molecule has 25 heavy (non-hydrogen) atoms. The van der Waals surface area contributed by atoms with E-state index in [0.717, 1.165) is 30.4 Å². The minimum Gasteiger partial charge on any atom is -0.491 e. The van der Waals surface area contributed by atoms with Crippen LogP contribution in [0.25, 0.3) is 0 Å². The van der Waals surface area contributed by atoms with Crippen molar-refractivity contribution in [1.29, 1.82) is 0 Å². The summed E-state index contributed by atoms with van der Waals surface area (Å²) < 4.78 is 5.92. The molecule has 144 valence electrons. The number of aryl methyl sites for hydroxylation is 1. The van der Waals surface area contributed by atoms with E-state index in [9.17, 15) is 0 Å². The van der Waals surface area contributed by atoms with Crippen LogP contribution < -0.4 is 20.7 Å². The standard InChI is InChI=1S/C19H34N4O.HI/c1-14(2)24-17-12-15(3)8-9-16(17)13-22-18(20-7)21-10-11-23-19(4,5)6;/h8-9,12,14,23H,10-11,13H2,1-7H3,(H2,20,21,22);1H. The van der Waals surface area contributed by atoms with Gasteiger partial charge in [0.2, 0.25) is 0 Å². The average molecular weight is 462 g/mol. The summed E-state index contributed by atoms with van der Waals surface area (Å²) in [6, 6.07) is 6.29. The molecule has 3 N–H and O–H groups in total. The normalized spacial score (nSPS) is 11.9. The van der Waals surface area contributed by atoms with Gasteiger partial charge in [-0.05, 0) is 53.2 Å². The van der Waals surface area contributed by atoms with Crippen LogP contribution in [0.1, 0.15) is 45.7 Å². The van der Waals surface area contributed by atoms with Crippen molar-refractivity contribution in [3.05, 3.63) is 29.3 Å². The zero-order valence-corrected chi connectivity index (χ0v) is 19.0. The molecule has 5 nitrogen and oxygen atoms in total. The molecule has 0 atom stereocenters. The van der Waals surface area contributed by atoms with E-state index in [4.69, 9.17) is 4.74 Å². The first-order valence-electron chi connectivity index (χ1n) is 8.67. The van der Waals surface area contributed by atoms with Crippen LogP contribution in [-0.2, 0) is 6.54 Å². The van der Waals surface area contributed by atoms with Crippen LogP contribution in [0.2, 0.25) is 0 Å². The van der Waals surface area contributed by atoms with Gasteiger partial charge in [0.25, 0.3) is 0 Å². The summed E-state index contributed by atoms with van der Waals surface area (Å²) in [6.45, 7) is 15.0. The number of nitrogens with zero attached hydrogens (tertiary/aromatic N) is 1. The fourth-order valence-electron chi connectivity index (χ4n) is 2.19. The molecule has 0 fully saturated rings. The first kappa shape index (κ1) is 24.0. The van der Waals surface area contributed by atoms with E-state index in [2.05, 4.69) is 66.8 Å². The maximum Gasteiger partial charge on any atom is 0.191 e. The monoisotopic (exact) mass is 462 g/mol. The number of hydrogen-bond donors (Lipinski definition) is 3. The average Bonchev–Trinajstić information content (AvgIpc) is 2.46. The van der Waals surface area contributed by atoms with Crippen molar-refractivity contribution in [2.24, 2.45) is 4.99 Å². The lowest BCUT2D eigenvalue weighted by molar-refractivity contribution is 0.239. The summed E-state index contributed by atoms with van der Waals surface area (Å²) in [4.78, 5) is 4.27. The summed E-state index contributed by atoms with van der Waals surface area (Å²) in [6.07, 6.45) is 0.159. The highest BCUT2D eigenvalue weighted by Gasteiger charge is 2.09. The molecule has 0 aliphatic rings. The SMILES string of the molecule is CN=C(NCCNC(C)(C)C)NCc1ccc(C)cc1OC(C)C.I. The van der Waals surface area contributed by atoms with Crippen LogP contribution in [0, 0.1) is 6.92 Å². The first-order valence-corrected chi connectivity index (χ1v) is 8.67. The molecule has 0 saturated carbocycles. The zero-order chi connectivity index (χ0) is 18.2. The number of nitrogens with one attached hydrogen (secondary N) is 3. The summed E-state index contributed by atoms with van der Waals surface area (Å²) in [5.41, 5.74) is 2.46. The molecule has 1 aromatic carbocycles. The van der Waals surface area contributed by atoms with E-state index in [0.29, 0.717) is 6.54 Å². The van der Waals surface area contributed by atoms with Crippen molar-refractivity contribution >= 4 is 29.9 Å². The van der Waals surface area contributed by atoms with Crippen LogP contribution in [0.5, 0.6) is 5.75 Å². The molecule has 0 bridgehead atoms. The molecule has 0 aliphatic carbocycles. The Balaban J connectivity index is 0.00000576. The van der Waals surface area contributed by atoms with Crippen molar-refractivity contribution in [3.63, 3.8) is 0 Å². The molecule has 0 heterocycles. The summed E-state index contributed by atoms with van der Waals surface area (Å²) in [7, 11) is 1.78. The quantitative estimate of drug-likeness (QED) is 0.252. The lowest BCUT2D eigenvalue weighted by Gasteiger charge is -2.21. The summed E-state index contributed by atoms with van der Waals surface area (Å²) in [5, 5.41) is 10.1. The molecule has 0 radical (unpaired) electrons. The third kappa shape index (κ3) is 10.5. The van der Waals surface area contributed by atoms with Crippen molar-refractivity contribution < 1.29 is 4.74 Å². The fraction of sp³-hybridized carbons (Fsp3) is 0.632. The van der Waals surface area contributed by atoms with Gasteiger partial charge in [-0.25, -0.2) is 0 Å². The second-order valence-electron chi connectivity index (χ2n) is 7.31. The molecule has 0 unspecified atom stereocenters. The van der Waals surface area contributed by atoms with Crippen molar-refractivity contribution in [3.8, 4) is 5.75 Å². The van der Waals surface area contributed by atoms with Crippen LogP contribution in [-0.4, -0.2) is 37.7 Å². The predicted octanol–water partition coefficient (Wildman–Crippen LogP) is 3.45. The Bertz CT molecular complexity index is 539. The number of ether oxygens (including phenoxy) is 1. The van der Waals surface area contributed by atoms with E-state index in [1.54, 1.807) is 7.05 Å². The highest BCUT2D eigenvalue weighted by atomic mass is 127. The van der Waals surface area contributed by atoms with Crippen molar-refractivity contribution in [2.45, 2.75) is 59.7 Å². The molecule has 1 rings (SSSR count). The number of halogens is 1. The molecule has 0 spiro atoms. The van der Waals surface area contributed by atoms with Gasteiger partial charge in [0.15, 0.2) is 5.96 Å². The second-order valence-corrected chi connectivity index (χ2v) is 7.31. The molecular formula is C19H35IN4O. The van der Waals surface area contributed by atoms with E-state index in [1.807, 2.05) is 13.8 Å². The number of guanidine groups is 1. The number of benzene rings is 1. The number of hydrogen-bond acceptors (Lipinski definition) is 3. The van der Waals surface area contributed by atoms with Gasteiger partial charge < -0.3 is 20.7 Å². The lowest BCUT2D eigenvalue weighted by atomic mass is 10.1. The lowest BCUT2D eigenvalue weighted by Crippen LogP contribution is -2.44. The Kier molecular flexibility index (Phi) is 11.1. The van der Waals surface area contributed by atoms with Gasteiger partial charge in [-0.3, -0.25) is 4.99 Å². The highest BCUT2D eigenvalue weighted by Crippen LogP contribution is 2.21. The second kappa shape index (κ2) is 11.6. The van der Waals surface area contributed by atoms with Crippen molar-refractivity contribution in [2.75, 3.05) is 20.1 Å². The van der Waals surface area contributed by atoms with Gasteiger partial charge >= 0.3 is 0 Å². The summed E-state index contributed by atoms with van der Waals surface area (Å²) >= 11 is 0. The maximum atomic E-state index is 5.92. The third-order valence-electron chi connectivity index (χ3n) is 3.33. The zero-order valence-electron chi connectivity index (χ0n) is 16.7. The smallest absolute Gasteiger partial charge is 0.191 e. The predicted molar refractivity (Wildman–Crippen MR) is 118 cm³/mol. The molecule has 0 saturated heterocycles. The maximum absolute atomic E-state index is 5.92. The van der Waals surface area contributed by atoms with Gasteiger partial charge in [0, 0.05) is 37.8 Å². The van der Waals surface area contributed by atoms with Crippen LogP contribution in [0.4, 0.5) is 0 Å². The molecule has 6 heteroatoms. The van der Waals surface area contributed by atoms with Crippen LogP contribution in [0.15, 0.2) is 23.2 Å². The van der Waals surface area contributed by atoms with E-state index in [-0.39, 0.29) is 35.6 Å². The Morgan fingerprint density at radius 3 is 2.40 bits per heavy atom. The largest absolute Gasteiger partial charge is 0.491 e. The topological polar surface area (TPSA) is 57.7 Å². The number of rotatable bonds is 7. The minimum atomic E-state index is 0. The third-order valence-corrected chi connectivity index (χ3v) is 3.33. The minimum absolute atomic E-state index is 0. The van der Waals surface area contributed by atoms with Gasteiger partial charge in [-0.15, -0.1) is 24.0 Å². The molecule has 0 aromatic heterocycles. The van der Waals surface area contributed by atoms with E-state index in [1.165, 1.54) is 5.56 Å². The molecule has 0 amide bonds. The fourth-order valence-corrected chi connectivity index (χ4v) is 2.19. The Morgan fingerprint density at radius 2 is 1.84 bits per heavy atom. The number of aliphatic imine (C=N–C) groups is 1.